The molecule has 22 heavy (non-hydrogen) atoms. The second-order valence-electron chi connectivity index (χ2n) is 7.48. The zero-order chi connectivity index (χ0) is 16.3. The Morgan fingerprint density at radius 3 is 2.27 bits per heavy atom. The number of ketones is 1. The Labute approximate surface area is 140 Å². The lowest BCUT2D eigenvalue weighted by Gasteiger charge is -2.39. The van der Waals surface area contributed by atoms with Crippen molar-refractivity contribution in [2.75, 3.05) is 5.32 Å². The fraction of sp³-hybridized carbons (Fsp3) is 0.556. The van der Waals surface area contributed by atoms with Gasteiger partial charge in [0.05, 0.1) is 10.2 Å². The summed E-state index contributed by atoms with van der Waals surface area (Å²) in [5, 5.41) is 3.03. The summed E-state index contributed by atoms with van der Waals surface area (Å²) in [5.74, 6) is 0.126. The molecule has 2 fully saturated rings. The first-order valence-electron chi connectivity index (χ1n) is 7.73. The summed E-state index contributed by atoms with van der Waals surface area (Å²) >= 11 is 3.54. The van der Waals surface area contributed by atoms with Crippen LogP contribution in [0.25, 0.3) is 0 Å². The molecule has 1 unspecified atom stereocenters. The summed E-state index contributed by atoms with van der Waals surface area (Å²) in [7, 11) is 0. The van der Waals surface area contributed by atoms with Gasteiger partial charge in [0.15, 0.2) is 5.78 Å². The molecule has 0 aliphatic heterocycles. The van der Waals surface area contributed by atoms with Crippen molar-refractivity contribution >= 4 is 33.3 Å². The van der Waals surface area contributed by atoms with Gasteiger partial charge in [0, 0.05) is 11.1 Å². The summed E-state index contributed by atoms with van der Waals surface area (Å²) in [6.45, 7) is 8.15. The topological polar surface area (TPSA) is 46.2 Å². The molecule has 1 aromatic rings. The summed E-state index contributed by atoms with van der Waals surface area (Å²) in [6, 6.07) is 7.77. The van der Waals surface area contributed by atoms with Gasteiger partial charge in [-0.15, -0.1) is 0 Å². The molecular formula is C18H22BrNO2. The molecule has 0 saturated heterocycles. The van der Waals surface area contributed by atoms with E-state index in [-0.39, 0.29) is 17.1 Å². The van der Waals surface area contributed by atoms with Gasteiger partial charge in [-0.1, -0.05) is 54.4 Å². The highest BCUT2D eigenvalue weighted by Gasteiger charge is 2.76. The van der Waals surface area contributed by atoms with Crippen LogP contribution in [-0.4, -0.2) is 16.5 Å². The van der Waals surface area contributed by atoms with E-state index in [1.807, 2.05) is 38.1 Å². The van der Waals surface area contributed by atoms with Crippen LogP contribution < -0.4 is 5.32 Å². The van der Waals surface area contributed by atoms with Crippen LogP contribution in [0.1, 0.15) is 39.2 Å². The van der Waals surface area contributed by atoms with Crippen molar-refractivity contribution in [2.24, 2.45) is 16.2 Å². The molecule has 1 N–H and O–H groups in total. The van der Waals surface area contributed by atoms with E-state index in [1.54, 1.807) is 0 Å². The molecule has 1 aromatic carbocycles. The van der Waals surface area contributed by atoms with Crippen LogP contribution in [0.15, 0.2) is 24.3 Å². The van der Waals surface area contributed by atoms with Gasteiger partial charge in [-0.25, -0.2) is 0 Å². The molecule has 118 valence electrons. The zero-order valence-electron chi connectivity index (χ0n) is 13.5. The number of halogens is 1. The van der Waals surface area contributed by atoms with Gasteiger partial charge in [-0.2, -0.15) is 0 Å². The fourth-order valence-corrected chi connectivity index (χ4v) is 5.85. The normalized spacial score (nSPS) is 35.7. The van der Waals surface area contributed by atoms with Crippen LogP contribution in [0.2, 0.25) is 0 Å². The van der Waals surface area contributed by atoms with E-state index in [1.165, 1.54) is 0 Å². The number of anilines is 1. The number of carbonyl (C=O) groups is 2. The Balaban J connectivity index is 1.97. The molecule has 2 bridgehead atoms. The minimum absolute atomic E-state index is 0.0437. The molecule has 4 heteroatoms. The number of fused-ring (bicyclic) bond motifs is 2. The summed E-state index contributed by atoms with van der Waals surface area (Å²) in [4.78, 5) is 25.4. The number of amides is 1. The van der Waals surface area contributed by atoms with Gasteiger partial charge in [-0.3, -0.25) is 9.59 Å². The second kappa shape index (κ2) is 4.67. The van der Waals surface area contributed by atoms with Crippen molar-refractivity contribution in [1.82, 2.24) is 0 Å². The van der Waals surface area contributed by atoms with Crippen molar-refractivity contribution in [1.29, 1.82) is 0 Å². The first-order valence-corrected chi connectivity index (χ1v) is 8.65. The third kappa shape index (κ3) is 1.67. The predicted octanol–water partition coefficient (Wildman–Crippen LogP) is 4.09. The lowest BCUT2D eigenvalue weighted by Crippen LogP contribution is -2.47. The summed E-state index contributed by atoms with van der Waals surface area (Å²) in [6.07, 6.45) is 1.53. The molecule has 1 amide bonds. The molecule has 2 saturated carbocycles. The maximum absolute atomic E-state index is 13.1. The SMILES string of the molecule is Cc1ccc(NC(=O)[C@@]23CC[C@@](C)(C(=O)C2Br)C3(C)C)cc1. The highest BCUT2D eigenvalue weighted by Crippen LogP contribution is 2.72. The Kier molecular flexibility index (Phi) is 3.34. The molecule has 0 radical (unpaired) electrons. The fourth-order valence-electron chi connectivity index (χ4n) is 4.33. The number of carbonyl (C=O) groups excluding carboxylic acids is 2. The van der Waals surface area contributed by atoms with Crippen LogP contribution in [0, 0.1) is 23.2 Å². The minimum Gasteiger partial charge on any atom is -0.326 e. The van der Waals surface area contributed by atoms with Crippen molar-refractivity contribution in [3.8, 4) is 0 Å². The predicted molar refractivity (Wildman–Crippen MR) is 91.1 cm³/mol. The lowest BCUT2D eigenvalue weighted by atomic mass is 9.64. The molecular weight excluding hydrogens is 342 g/mol. The molecule has 2 aliphatic carbocycles. The van der Waals surface area contributed by atoms with Crippen molar-refractivity contribution in [3.63, 3.8) is 0 Å². The first kappa shape index (κ1) is 15.7. The van der Waals surface area contributed by atoms with E-state index in [2.05, 4.69) is 35.1 Å². The maximum Gasteiger partial charge on any atom is 0.232 e. The molecule has 3 rings (SSSR count). The van der Waals surface area contributed by atoms with E-state index in [0.717, 1.165) is 24.1 Å². The van der Waals surface area contributed by atoms with Gasteiger partial charge >= 0.3 is 0 Å². The third-order valence-corrected chi connectivity index (χ3v) is 7.63. The quantitative estimate of drug-likeness (QED) is 0.804. The highest BCUT2D eigenvalue weighted by molar-refractivity contribution is 9.10. The number of rotatable bonds is 2. The van der Waals surface area contributed by atoms with Gasteiger partial charge in [0.2, 0.25) is 5.91 Å². The van der Waals surface area contributed by atoms with Crippen LogP contribution in [0.4, 0.5) is 5.69 Å². The number of Topliss-reactive ketones (excluding diaryl/α,β-unsaturated/α-hetero) is 1. The summed E-state index contributed by atoms with van der Waals surface area (Å²) in [5.41, 5.74) is 0.475. The van der Waals surface area contributed by atoms with Crippen molar-refractivity contribution in [3.05, 3.63) is 29.8 Å². The standard InChI is InChI=1S/C18H22BrNO2/c1-11-5-7-12(8-6-11)20-15(22)18-10-9-17(4,16(18,2)3)14(21)13(18)19/h5-8,13H,9-10H2,1-4H3,(H,20,22)/t13?,17-,18+/m0/s1. The number of alkyl halides is 1. The van der Waals surface area contributed by atoms with Gasteiger partial charge in [0.25, 0.3) is 0 Å². The van der Waals surface area contributed by atoms with E-state index in [4.69, 9.17) is 0 Å². The maximum atomic E-state index is 13.1. The van der Waals surface area contributed by atoms with Gasteiger partial charge < -0.3 is 5.32 Å². The molecule has 0 aromatic heterocycles. The van der Waals surface area contributed by atoms with Gasteiger partial charge in [0.1, 0.15) is 0 Å². The average Bonchev–Trinajstić information content (AvgIpc) is 2.74. The molecule has 3 nitrogen and oxygen atoms in total. The summed E-state index contributed by atoms with van der Waals surface area (Å²) < 4.78 is 0. The molecule has 2 aliphatic rings. The van der Waals surface area contributed by atoms with Crippen molar-refractivity contribution in [2.45, 2.75) is 45.4 Å². The second-order valence-corrected chi connectivity index (χ2v) is 8.39. The van der Waals surface area contributed by atoms with Crippen LogP contribution >= 0.6 is 15.9 Å². The molecule has 0 spiro atoms. The number of hydrogen-bond donors (Lipinski definition) is 1. The van der Waals surface area contributed by atoms with E-state index < -0.39 is 15.7 Å². The van der Waals surface area contributed by atoms with Gasteiger partial charge in [-0.05, 0) is 37.3 Å². The number of hydrogen-bond acceptors (Lipinski definition) is 2. The zero-order valence-corrected chi connectivity index (χ0v) is 15.1. The minimum atomic E-state index is -0.677. The Bertz CT molecular complexity index is 652. The first-order chi connectivity index (χ1) is 10.2. The Morgan fingerprint density at radius 1 is 1.18 bits per heavy atom. The Hall–Kier alpha value is -1.16. The average molecular weight is 364 g/mol. The van der Waals surface area contributed by atoms with Crippen LogP contribution in [0.3, 0.4) is 0 Å². The van der Waals surface area contributed by atoms with Crippen LogP contribution in [-0.2, 0) is 9.59 Å². The highest BCUT2D eigenvalue weighted by atomic mass is 79.9. The van der Waals surface area contributed by atoms with E-state index in [9.17, 15) is 9.59 Å². The number of benzene rings is 1. The largest absolute Gasteiger partial charge is 0.326 e. The molecule has 0 heterocycles. The Morgan fingerprint density at radius 2 is 1.77 bits per heavy atom. The number of aryl methyl sites for hydroxylation is 1. The smallest absolute Gasteiger partial charge is 0.232 e. The van der Waals surface area contributed by atoms with E-state index in [0.29, 0.717) is 0 Å². The van der Waals surface area contributed by atoms with Crippen molar-refractivity contribution < 1.29 is 9.59 Å². The van der Waals surface area contributed by atoms with Crippen LogP contribution in [0.5, 0.6) is 0 Å². The van der Waals surface area contributed by atoms with E-state index >= 15 is 0 Å². The third-order valence-electron chi connectivity index (χ3n) is 6.44. The lowest BCUT2D eigenvalue weighted by molar-refractivity contribution is -0.130. The monoisotopic (exact) mass is 363 g/mol. The molecule has 3 atom stereocenters. The number of nitrogens with one attached hydrogen (secondary N) is 1.